The molecule has 0 atom stereocenters. The molecule has 0 saturated carbocycles. The van der Waals surface area contributed by atoms with Gasteiger partial charge >= 0.3 is 0 Å². The molecule has 0 radical (unpaired) electrons. The van der Waals surface area contributed by atoms with Crippen LogP contribution in [0.2, 0.25) is 0 Å². The zero-order valence-corrected chi connectivity index (χ0v) is 9.83. The number of hydrogen-bond acceptors (Lipinski definition) is 2. The summed E-state index contributed by atoms with van der Waals surface area (Å²) in [7, 11) is 3.34. The van der Waals surface area contributed by atoms with Gasteiger partial charge in [-0.25, -0.2) is 0 Å². The van der Waals surface area contributed by atoms with Gasteiger partial charge in [0.1, 0.15) is 11.5 Å². The molecule has 0 fully saturated rings. The summed E-state index contributed by atoms with van der Waals surface area (Å²) in [5.41, 5.74) is 2.49. The molecule has 1 rings (SSSR count). The number of benzene rings is 1. The first-order valence-electron chi connectivity index (χ1n) is 5.01. The number of methoxy groups -OCH3 is 2. The molecule has 1 aromatic rings. The Morgan fingerprint density at radius 2 is 1.93 bits per heavy atom. The van der Waals surface area contributed by atoms with E-state index in [1.165, 1.54) is 11.1 Å². The van der Waals surface area contributed by atoms with Crippen molar-refractivity contribution in [3.05, 3.63) is 35.4 Å². The van der Waals surface area contributed by atoms with Gasteiger partial charge in [0.25, 0.3) is 0 Å². The maximum absolute atomic E-state index is 5.31. The van der Waals surface area contributed by atoms with Gasteiger partial charge in [0, 0.05) is 6.07 Å². The van der Waals surface area contributed by atoms with Crippen LogP contribution in [-0.2, 0) is 6.42 Å². The zero-order valence-electron chi connectivity index (χ0n) is 9.83. The lowest BCUT2D eigenvalue weighted by molar-refractivity contribution is 0.391. The molecule has 0 unspecified atom stereocenters. The van der Waals surface area contributed by atoms with Crippen LogP contribution in [0.5, 0.6) is 11.5 Å². The molecule has 0 bridgehead atoms. The van der Waals surface area contributed by atoms with Crippen LogP contribution in [0.1, 0.15) is 19.4 Å². The molecule has 15 heavy (non-hydrogen) atoms. The van der Waals surface area contributed by atoms with E-state index in [2.05, 4.69) is 19.9 Å². The molecule has 0 spiro atoms. The molecular formula is C13H18O2. The fourth-order valence-electron chi connectivity index (χ4n) is 1.33. The second-order valence-electron chi connectivity index (χ2n) is 3.66. The predicted octanol–water partition coefficient (Wildman–Crippen LogP) is 3.21. The van der Waals surface area contributed by atoms with Gasteiger partial charge in [-0.3, -0.25) is 0 Å². The highest BCUT2D eigenvalue weighted by atomic mass is 16.5. The third-order valence-corrected chi connectivity index (χ3v) is 2.22. The summed E-state index contributed by atoms with van der Waals surface area (Å²) in [6.45, 7) is 4.19. The number of allylic oxidation sites excluding steroid dienone is 2. The summed E-state index contributed by atoms with van der Waals surface area (Å²) in [5, 5.41) is 0. The third kappa shape index (κ3) is 3.31. The Morgan fingerprint density at radius 3 is 2.47 bits per heavy atom. The van der Waals surface area contributed by atoms with E-state index < -0.39 is 0 Å². The molecule has 2 nitrogen and oxygen atoms in total. The van der Waals surface area contributed by atoms with E-state index in [-0.39, 0.29) is 0 Å². The third-order valence-electron chi connectivity index (χ3n) is 2.22. The smallest absolute Gasteiger partial charge is 0.126 e. The standard InChI is InChI=1S/C13H18O2/c1-10(2)5-6-11-7-8-12(14-3)9-13(11)15-4/h5,7-9H,6H2,1-4H3. The Hall–Kier alpha value is -1.44. The average molecular weight is 206 g/mol. The van der Waals surface area contributed by atoms with Crippen LogP contribution in [0, 0.1) is 0 Å². The normalized spacial score (nSPS) is 9.60. The fourth-order valence-corrected chi connectivity index (χ4v) is 1.33. The van der Waals surface area contributed by atoms with Gasteiger partial charge in [-0.05, 0) is 31.9 Å². The molecule has 0 aliphatic carbocycles. The first-order valence-corrected chi connectivity index (χ1v) is 5.01. The highest BCUT2D eigenvalue weighted by Gasteiger charge is 2.03. The van der Waals surface area contributed by atoms with Crippen LogP contribution in [0.25, 0.3) is 0 Å². The minimum atomic E-state index is 0.827. The van der Waals surface area contributed by atoms with Crippen molar-refractivity contribution in [3.8, 4) is 11.5 Å². The van der Waals surface area contributed by atoms with E-state index in [0.717, 1.165) is 17.9 Å². The summed E-state index contributed by atoms with van der Waals surface area (Å²) in [5.74, 6) is 1.71. The van der Waals surface area contributed by atoms with Crippen LogP contribution >= 0.6 is 0 Å². The Bertz CT molecular complexity index is 350. The lowest BCUT2D eigenvalue weighted by Crippen LogP contribution is -1.92. The van der Waals surface area contributed by atoms with E-state index in [0.29, 0.717) is 0 Å². The summed E-state index contributed by atoms with van der Waals surface area (Å²) in [4.78, 5) is 0. The molecule has 82 valence electrons. The molecule has 0 amide bonds. The molecule has 0 N–H and O–H groups in total. The fraction of sp³-hybridized carbons (Fsp3) is 0.385. The largest absolute Gasteiger partial charge is 0.497 e. The maximum atomic E-state index is 5.31. The molecule has 1 aromatic carbocycles. The molecule has 0 aliphatic rings. The highest BCUT2D eigenvalue weighted by molar-refractivity contribution is 5.41. The molecule has 0 aliphatic heterocycles. The summed E-state index contributed by atoms with van der Waals surface area (Å²) in [6.07, 6.45) is 3.08. The van der Waals surface area contributed by atoms with Gasteiger partial charge in [0.05, 0.1) is 14.2 Å². The lowest BCUT2D eigenvalue weighted by Gasteiger charge is -2.08. The zero-order chi connectivity index (χ0) is 11.3. The van der Waals surface area contributed by atoms with Crippen LogP contribution in [0.15, 0.2) is 29.8 Å². The molecule has 2 heteroatoms. The van der Waals surface area contributed by atoms with Crippen LogP contribution in [0.3, 0.4) is 0 Å². The van der Waals surface area contributed by atoms with Gasteiger partial charge in [0.15, 0.2) is 0 Å². The topological polar surface area (TPSA) is 18.5 Å². The maximum Gasteiger partial charge on any atom is 0.126 e. The highest BCUT2D eigenvalue weighted by Crippen LogP contribution is 2.25. The van der Waals surface area contributed by atoms with E-state index >= 15 is 0 Å². The van der Waals surface area contributed by atoms with Crippen molar-refractivity contribution in [3.63, 3.8) is 0 Å². The summed E-state index contributed by atoms with van der Waals surface area (Å²) in [6, 6.07) is 5.90. The van der Waals surface area contributed by atoms with Crippen molar-refractivity contribution in [2.45, 2.75) is 20.3 Å². The Labute approximate surface area is 91.5 Å². The van der Waals surface area contributed by atoms with Crippen LogP contribution in [-0.4, -0.2) is 14.2 Å². The minimum Gasteiger partial charge on any atom is -0.497 e. The minimum absolute atomic E-state index is 0.827. The Balaban J connectivity index is 2.92. The molecule has 0 aromatic heterocycles. The second kappa shape index (κ2) is 5.44. The summed E-state index contributed by atoms with van der Waals surface area (Å²) >= 11 is 0. The molecule has 0 heterocycles. The van der Waals surface area contributed by atoms with Crippen molar-refractivity contribution in [2.75, 3.05) is 14.2 Å². The number of hydrogen-bond donors (Lipinski definition) is 0. The van der Waals surface area contributed by atoms with Gasteiger partial charge in [-0.15, -0.1) is 0 Å². The van der Waals surface area contributed by atoms with E-state index in [9.17, 15) is 0 Å². The quantitative estimate of drug-likeness (QED) is 0.704. The van der Waals surface area contributed by atoms with Crippen molar-refractivity contribution >= 4 is 0 Å². The predicted molar refractivity (Wildman–Crippen MR) is 62.7 cm³/mol. The number of ether oxygens (including phenoxy) is 2. The number of rotatable bonds is 4. The second-order valence-corrected chi connectivity index (χ2v) is 3.66. The monoisotopic (exact) mass is 206 g/mol. The van der Waals surface area contributed by atoms with Gasteiger partial charge in [-0.2, -0.15) is 0 Å². The first-order chi connectivity index (χ1) is 7.17. The molecular weight excluding hydrogens is 188 g/mol. The van der Waals surface area contributed by atoms with E-state index in [1.807, 2.05) is 18.2 Å². The van der Waals surface area contributed by atoms with Crippen molar-refractivity contribution in [1.29, 1.82) is 0 Å². The lowest BCUT2D eigenvalue weighted by atomic mass is 10.1. The van der Waals surface area contributed by atoms with Gasteiger partial charge < -0.3 is 9.47 Å². The van der Waals surface area contributed by atoms with Gasteiger partial charge in [0.2, 0.25) is 0 Å². The molecule has 0 saturated heterocycles. The Kier molecular flexibility index (Phi) is 4.22. The van der Waals surface area contributed by atoms with Crippen molar-refractivity contribution in [1.82, 2.24) is 0 Å². The van der Waals surface area contributed by atoms with Crippen LogP contribution < -0.4 is 9.47 Å². The average Bonchev–Trinajstić information content (AvgIpc) is 2.25. The van der Waals surface area contributed by atoms with E-state index in [1.54, 1.807) is 14.2 Å². The first kappa shape index (κ1) is 11.6. The van der Waals surface area contributed by atoms with Gasteiger partial charge in [-0.1, -0.05) is 17.7 Å². The van der Waals surface area contributed by atoms with E-state index in [4.69, 9.17) is 9.47 Å². The van der Waals surface area contributed by atoms with Crippen molar-refractivity contribution < 1.29 is 9.47 Å². The summed E-state index contributed by atoms with van der Waals surface area (Å²) < 4.78 is 10.5. The SMILES string of the molecule is COc1ccc(CC=C(C)C)c(OC)c1. The van der Waals surface area contributed by atoms with Crippen LogP contribution in [0.4, 0.5) is 0 Å². The van der Waals surface area contributed by atoms with Crippen molar-refractivity contribution in [2.24, 2.45) is 0 Å². The Morgan fingerprint density at radius 1 is 1.20 bits per heavy atom.